The molecular weight excluding hydrogens is 387 g/mol. The first-order valence-corrected chi connectivity index (χ1v) is 9.42. The molecule has 1 atom stereocenters. The number of nitrogens with zero attached hydrogens (tertiary/aromatic N) is 4. The quantitative estimate of drug-likeness (QED) is 0.675. The Morgan fingerprint density at radius 1 is 1.24 bits per heavy atom. The molecule has 10 heteroatoms. The molecule has 1 aliphatic rings. The predicted octanol–water partition coefficient (Wildman–Crippen LogP) is 3.40. The van der Waals surface area contributed by atoms with Gasteiger partial charge in [0.25, 0.3) is 0 Å². The molecule has 0 aliphatic carbocycles. The number of fused-ring (bicyclic) bond motifs is 1. The van der Waals surface area contributed by atoms with Crippen LogP contribution in [0.3, 0.4) is 0 Å². The van der Waals surface area contributed by atoms with Gasteiger partial charge in [-0.15, -0.1) is 0 Å². The Labute approximate surface area is 155 Å². The number of hydrogen-bond donors (Lipinski definition) is 1. The molecule has 1 N–H and O–H groups in total. The molecule has 3 aromatic rings. The van der Waals surface area contributed by atoms with E-state index in [2.05, 4.69) is 20.0 Å². The number of pyridine rings is 2. The Hall–Kier alpha value is -1.90. The molecular formula is C15H12Cl2N4O3S. The Balaban J connectivity index is 1.73. The summed E-state index contributed by atoms with van der Waals surface area (Å²) < 4.78 is 18.1. The molecule has 0 radical (unpaired) electrons. The number of rotatable bonds is 3. The maximum atomic E-state index is 12.8. The first-order chi connectivity index (χ1) is 12.0. The molecule has 1 saturated heterocycles. The second-order valence-electron chi connectivity index (χ2n) is 5.57. The van der Waals surface area contributed by atoms with E-state index >= 15 is 0 Å². The van der Waals surface area contributed by atoms with Crippen LogP contribution in [0, 0.1) is 0 Å². The van der Waals surface area contributed by atoms with Crippen LogP contribution < -0.4 is 4.90 Å². The lowest BCUT2D eigenvalue weighted by Crippen LogP contribution is -2.18. The summed E-state index contributed by atoms with van der Waals surface area (Å²) in [5, 5.41) is 14.0. The van der Waals surface area contributed by atoms with Crippen molar-refractivity contribution in [3.8, 4) is 5.75 Å². The van der Waals surface area contributed by atoms with Gasteiger partial charge in [0.05, 0.1) is 10.4 Å². The molecule has 0 aromatic carbocycles. The minimum absolute atomic E-state index is 0.0365. The molecule has 3 aromatic heterocycles. The minimum atomic E-state index is -1.78. The maximum absolute atomic E-state index is 12.8. The molecule has 1 aliphatic heterocycles. The number of aromatic nitrogens is 3. The maximum Gasteiger partial charge on any atom is 0.186 e. The lowest BCUT2D eigenvalue weighted by Gasteiger charge is -2.15. The highest BCUT2D eigenvalue weighted by atomic mass is 35.5. The second kappa shape index (κ2) is 6.44. The SMILES string of the molecule is O=S(c1cc(Cl)c(O)c(Cl)n1)c1noc2cc(N3CCCC3)ncc12. The fourth-order valence-corrected chi connectivity index (χ4v) is 4.31. The van der Waals surface area contributed by atoms with Crippen molar-refractivity contribution >= 4 is 50.8 Å². The molecule has 0 bridgehead atoms. The van der Waals surface area contributed by atoms with E-state index in [0.717, 1.165) is 31.7 Å². The van der Waals surface area contributed by atoms with E-state index in [4.69, 9.17) is 27.7 Å². The van der Waals surface area contributed by atoms with Crippen molar-refractivity contribution in [1.82, 2.24) is 15.1 Å². The minimum Gasteiger partial charge on any atom is -0.504 e. The van der Waals surface area contributed by atoms with Crippen LogP contribution >= 0.6 is 23.2 Å². The van der Waals surface area contributed by atoms with Gasteiger partial charge in [-0.25, -0.2) is 14.2 Å². The predicted molar refractivity (Wildman–Crippen MR) is 93.8 cm³/mol. The van der Waals surface area contributed by atoms with Crippen molar-refractivity contribution in [3.63, 3.8) is 0 Å². The summed E-state index contributed by atoms with van der Waals surface area (Å²) in [7, 11) is -1.78. The van der Waals surface area contributed by atoms with Crippen molar-refractivity contribution in [1.29, 1.82) is 0 Å². The van der Waals surface area contributed by atoms with E-state index in [1.165, 1.54) is 6.07 Å². The van der Waals surface area contributed by atoms with Gasteiger partial charge in [0.15, 0.2) is 21.5 Å². The van der Waals surface area contributed by atoms with Crippen LogP contribution in [-0.2, 0) is 10.8 Å². The molecule has 0 saturated carbocycles. The van der Waals surface area contributed by atoms with Gasteiger partial charge in [0, 0.05) is 25.4 Å². The highest BCUT2D eigenvalue weighted by molar-refractivity contribution is 7.85. The van der Waals surface area contributed by atoms with Gasteiger partial charge in [-0.2, -0.15) is 0 Å². The standard InChI is InChI=1S/C15H12Cl2N4O3S/c16-9-5-12(19-14(17)13(9)22)25(23)15-8-7-18-11(6-10(8)24-20-15)21-3-1-2-4-21/h5-7,22H,1-4H2. The van der Waals surface area contributed by atoms with Gasteiger partial charge >= 0.3 is 0 Å². The van der Waals surface area contributed by atoms with E-state index in [9.17, 15) is 9.32 Å². The van der Waals surface area contributed by atoms with Crippen LogP contribution in [0.2, 0.25) is 10.2 Å². The summed E-state index contributed by atoms with van der Waals surface area (Å²) in [6, 6.07) is 3.07. The Bertz CT molecular complexity index is 965. The third kappa shape index (κ3) is 2.94. The fourth-order valence-electron chi connectivity index (χ4n) is 2.71. The second-order valence-corrected chi connectivity index (χ2v) is 7.68. The molecule has 4 rings (SSSR count). The smallest absolute Gasteiger partial charge is 0.186 e. The third-order valence-corrected chi connectivity index (χ3v) is 5.77. The molecule has 130 valence electrons. The average molecular weight is 399 g/mol. The van der Waals surface area contributed by atoms with Crippen LogP contribution in [0.4, 0.5) is 5.82 Å². The van der Waals surface area contributed by atoms with Crippen LogP contribution in [0.25, 0.3) is 11.0 Å². The van der Waals surface area contributed by atoms with Gasteiger partial charge in [-0.3, -0.25) is 0 Å². The molecule has 0 amide bonds. The molecule has 1 fully saturated rings. The van der Waals surface area contributed by atoms with Crippen molar-refractivity contribution in [3.05, 3.63) is 28.5 Å². The number of anilines is 1. The topological polar surface area (TPSA) is 92.3 Å². The van der Waals surface area contributed by atoms with Crippen molar-refractivity contribution in [2.24, 2.45) is 0 Å². The number of hydrogen-bond acceptors (Lipinski definition) is 7. The van der Waals surface area contributed by atoms with Gasteiger partial charge in [-0.1, -0.05) is 28.4 Å². The van der Waals surface area contributed by atoms with E-state index in [1.807, 2.05) is 0 Å². The van der Waals surface area contributed by atoms with Crippen molar-refractivity contribution in [2.45, 2.75) is 22.9 Å². The first kappa shape index (κ1) is 16.6. The van der Waals surface area contributed by atoms with E-state index in [0.29, 0.717) is 11.0 Å². The van der Waals surface area contributed by atoms with Crippen molar-refractivity contribution < 1.29 is 13.8 Å². The van der Waals surface area contributed by atoms with Gasteiger partial charge in [0.2, 0.25) is 0 Å². The lowest BCUT2D eigenvalue weighted by atomic mass is 10.3. The Morgan fingerprint density at radius 2 is 2.00 bits per heavy atom. The van der Waals surface area contributed by atoms with Gasteiger partial charge < -0.3 is 14.5 Å². The summed E-state index contributed by atoms with van der Waals surface area (Å²) in [5.74, 6) is 0.457. The zero-order valence-electron chi connectivity index (χ0n) is 12.8. The molecule has 7 nitrogen and oxygen atoms in total. The highest BCUT2D eigenvalue weighted by Crippen LogP contribution is 2.33. The largest absolute Gasteiger partial charge is 0.504 e. The zero-order chi connectivity index (χ0) is 17.6. The number of halogens is 2. The average Bonchev–Trinajstić information content (AvgIpc) is 3.27. The summed E-state index contributed by atoms with van der Waals surface area (Å²) in [4.78, 5) is 10.5. The molecule has 25 heavy (non-hydrogen) atoms. The monoisotopic (exact) mass is 398 g/mol. The van der Waals surface area contributed by atoms with E-state index in [1.54, 1.807) is 12.3 Å². The number of aromatic hydroxyl groups is 1. The first-order valence-electron chi connectivity index (χ1n) is 7.52. The highest BCUT2D eigenvalue weighted by Gasteiger charge is 2.22. The summed E-state index contributed by atoms with van der Waals surface area (Å²) in [6.07, 6.45) is 3.87. The third-order valence-electron chi connectivity index (χ3n) is 3.98. The van der Waals surface area contributed by atoms with Crippen LogP contribution in [0.5, 0.6) is 5.75 Å². The molecule has 1 unspecified atom stereocenters. The Morgan fingerprint density at radius 3 is 2.72 bits per heavy atom. The Kier molecular flexibility index (Phi) is 4.26. The molecule has 0 spiro atoms. The zero-order valence-corrected chi connectivity index (χ0v) is 15.1. The van der Waals surface area contributed by atoms with Crippen LogP contribution in [-0.4, -0.2) is 37.5 Å². The lowest BCUT2D eigenvalue weighted by molar-refractivity contribution is 0.435. The fraction of sp³-hybridized carbons (Fsp3) is 0.267. The van der Waals surface area contributed by atoms with E-state index < -0.39 is 10.8 Å². The van der Waals surface area contributed by atoms with Gasteiger partial charge in [0.1, 0.15) is 21.6 Å². The normalized spacial score (nSPS) is 15.8. The van der Waals surface area contributed by atoms with Gasteiger partial charge in [-0.05, 0) is 18.9 Å². The summed E-state index contributed by atoms with van der Waals surface area (Å²) in [5.41, 5.74) is 0.497. The van der Waals surface area contributed by atoms with Crippen LogP contribution in [0.1, 0.15) is 12.8 Å². The van der Waals surface area contributed by atoms with Crippen LogP contribution in [0.15, 0.2) is 32.9 Å². The molecule has 4 heterocycles. The van der Waals surface area contributed by atoms with Crippen molar-refractivity contribution in [2.75, 3.05) is 18.0 Å². The summed E-state index contributed by atoms with van der Waals surface area (Å²) in [6.45, 7) is 1.92. The summed E-state index contributed by atoms with van der Waals surface area (Å²) >= 11 is 11.7. The van der Waals surface area contributed by atoms with E-state index in [-0.39, 0.29) is 26.0 Å².